The molecular weight excluding hydrogens is 264 g/mol. The number of hydrogen-bond donors (Lipinski definition) is 0. The van der Waals surface area contributed by atoms with Crippen LogP contribution < -0.4 is 5.63 Å². The first-order valence-electron chi connectivity index (χ1n) is 6.77. The molecule has 2 heterocycles. The highest BCUT2D eigenvalue weighted by Crippen LogP contribution is 2.37. The van der Waals surface area contributed by atoms with Gasteiger partial charge in [0.2, 0.25) is 0 Å². The SMILES string of the molecule is C.Cc1oc2c(C)c3oc(=O)c(C)c(C)c3c(C)c2c1C. The topological polar surface area (TPSA) is 43.4 Å². The second kappa shape index (κ2) is 4.76. The van der Waals surface area contributed by atoms with E-state index in [4.69, 9.17) is 8.83 Å². The summed E-state index contributed by atoms with van der Waals surface area (Å²) in [4.78, 5) is 11.9. The van der Waals surface area contributed by atoms with Crippen molar-refractivity contribution in [3.05, 3.63) is 44.0 Å². The zero-order valence-electron chi connectivity index (χ0n) is 12.7. The van der Waals surface area contributed by atoms with Gasteiger partial charge < -0.3 is 8.83 Å². The van der Waals surface area contributed by atoms with E-state index in [1.807, 2.05) is 27.7 Å². The van der Waals surface area contributed by atoms with Gasteiger partial charge in [0.05, 0.1) is 0 Å². The van der Waals surface area contributed by atoms with Gasteiger partial charge in [-0.2, -0.15) is 0 Å². The Hall–Kier alpha value is -2.03. The van der Waals surface area contributed by atoms with E-state index in [2.05, 4.69) is 13.8 Å². The molecule has 3 nitrogen and oxygen atoms in total. The third-order valence-corrected chi connectivity index (χ3v) is 4.48. The molecular formula is C18H22O3. The van der Waals surface area contributed by atoms with Gasteiger partial charge in [-0.1, -0.05) is 7.43 Å². The van der Waals surface area contributed by atoms with Crippen molar-refractivity contribution in [3.8, 4) is 0 Å². The molecule has 2 aromatic heterocycles. The van der Waals surface area contributed by atoms with Crippen LogP contribution in [-0.2, 0) is 0 Å². The van der Waals surface area contributed by atoms with Crippen LogP contribution in [0.4, 0.5) is 0 Å². The number of aryl methyl sites for hydroxylation is 5. The third-order valence-electron chi connectivity index (χ3n) is 4.48. The number of benzene rings is 1. The molecule has 0 atom stereocenters. The molecule has 0 saturated carbocycles. The van der Waals surface area contributed by atoms with Gasteiger partial charge in [0, 0.05) is 21.9 Å². The Morgan fingerprint density at radius 1 is 0.619 bits per heavy atom. The van der Waals surface area contributed by atoms with Crippen molar-refractivity contribution in [1.29, 1.82) is 0 Å². The minimum atomic E-state index is -0.267. The lowest BCUT2D eigenvalue weighted by molar-refractivity contribution is 0.546. The fourth-order valence-corrected chi connectivity index (χ4v) is 3.02. The molecule has 21 heavy (non-hydrogen) atoms. The molecule has 0 saturated heterocycles. The first kappa shape index (κ1) is 15.4. The maximum absolute atomic E-state index is 11.9. The van der Waals surface area contributed by atoms with Gasteiger partial charge in [-0.15, -0.1) is 0 Å². The van der Waals surface area contributed by atoms with Crippen LogP contribution in [0.5, 0.6) is 0 Å². The Bertz CT molecular complexity index is 924. The summed E-state index contributed by atoms with van der Waals surface area (Å²) in [5, 5.41) is 2.18. The largest absolute Gasteiger partial charge is 0.461 e. The van der Waals surface area contributed by atoms with E-state index < -0.39 is 0 Å². The summed E-state index contributed by atoms with van der Waals surface area (Å²) in [6.07, 6.45) is 0. The summed E-state index contributed by atoms with van der Waals surface area (Å²) in [7, 11) is 0. The fraction of sp³-hybridized carbons (Fsp3) is 0.389. The summed E-state index contributed by atoms with van der Waals surface area (Å²) in [5.74, 6) is 0.915. The summed E-state index contributed by atoms with van der Waals surface area (Å²) in [6, 6.07) is 0. The lowest BCUT2D eigenvalue weighted by atomic mass is 9.95. The van der Waals surface area contributed by atoms with E-state index in [0.717, 1.165) is 44.4 Å². The summed E-state index contributed by atoms with van der Waals surface area (Å²) in [6.45, 7) is 11.8. The van der Waals surface area contributed by atoms with Gasteiger partial charge in [-0.3, -0.25) is 0 Å². The predicted octanol–water partition coefficient (Wildman–Crippen LogP) is 5.03. The maximum atomic E-state index is 11.9. The zero-order valence-corrected chi connectivity index (χ0v) is 12.7. The van der Waals surface area contributed by atoms with Gasteiger partial charge in [-0.25, -0.2) is 4.79 Å². The lowest BCUT2D eigenvalue weighted by Crippen LogP contribution is -2.07. The summed E-state index contributed by atoms with van der Waals surface area (Å²) >= 11 is 0. The monoisotopic (exact) mass is 286 g/mol. The van der Waals surface area contributed by atoms with E-state index in [1.54, 1.807) is 0 Å². The second-order valence-electron chi connectivity index (χ2n) is 5.58. The molecule has 0 N–H and O–H groups in total. The van der Waals surface area contributed by atoms with Gasteiger partial charge in [0.15, 0.2) is 0 Å². The van der Waals surface area contributed by atoms with E-state index in [1.165, 1.54) is 0 Å². The van der Waals surface area contributed by atoms with Crippen molar-refractivity contribution in [1.82, 2.24) is 0 Å². The van der Waals surface area contributed by atoms with Crippen molar-refractivity contribution >= 4 is 21.9 Å². The minimum Gasteiger partial charge on any atom is -0.461 e. The van der Waals surface area contributed by atoms with E-state index in [0.29, 0.717) is 11.1 Å². The molecule has 0 amide bonds. The van der Waals surface area contributed by atoms with Gasteiger partial charge in [0.25, 0.3) is 0 Å². The molecule has 0 spiro atoms. The standard InChI is InChI=1S/C17H18O3.CH4/c1-7-8(2)17(18)20-16-11(5)15-14(10(4)13(7)16)9(3)12(6)19-15;/h1-6H3;1H4. The molecule has 3 aromatic rings. The average molecular weight is 286 g/mol. The summed E-state index contributed by atoms with van der Waals surface area (Å²) in [5.41, 5.74) is 6.07. The molecule has 3 rings (SSSR count). The maximum Gasteiger partial charge on any atom is 0.339 e. The minimum absolute atomic E-state index is 0. The van der Waals surface area contributed by atoms with Crippen molar-refractivity contribution in [2.45, 2.75) is 49.0 Å². The molecule has 1 aromatic carbocycles. The van der Waals surface area contributed by atoms with Crippen LogP contribution in [0.25, 0.3) is 21.9 Å². The third kappa shape index (κ3) is 1.84. The first-order valence-corrected chi connectivity index (χ1v) is 6.77. The Morgan fingerprint density at radius 2 is 1.14 bits per heavy atom. The van der Waals surface area contributed by atoms with Gasteiger partial charge >= 0.3 is 5.63 Å². The van der Waals surface area contributed by atoms with Crippen molar-refractivity contribution in [2.75, 3.05) is 0 Å². The number of rotatable bonds is 0. The molecule has 0 aliphatic rings. The van der Waals surface area contributed by atoms with Crippen LogP contribution in [0.15, 0.2) is 13.6 Å². The molecule has 0 bridgehead atoms. The van der Waals surface area contributed by atoms with Crippen LogP contribution in [0, 0.1) is 41.5 Å². The highest BCUT2D eigenvalue weighted by Gasteiger charge is 2.20. The Balaban J connectivity index is 0.00000161. The number of hydrogen-bond acceptors (Lipinski definition) is 3. The predicted molar refractivity (Wildman–Crippen MR) is 87.4 cm³/mol. The van der Waals surface area contributed by atoms with Crippen LogP contribution in [-0.4, -0.2) is 0 Å². The van der Waals surface area contributed by atoms with Gasteiger partial charge in [0.1, 0.15) is 16.9 Å². The van der Waals surface area contributed by atoms with Crippen LogP contribution in [0.1, 0.15) is 41.0 Å². The normalized spacial score (nSPS) is 11.1. The first-order chi connectivity index (χ1) is 9.34. The average Bonchev–Trinajstić information content (AvgIpc) is 2.70. The Kier molecular flexibility index (Phi) is 3.48. The van der Waals surface area contributed by atoms with E-state index in [9.17, 15) is 4.79 Å². The molecule has 0 fully saturated rings. The lowest BCUT2D eigenvalue weighted by Gasteiger charge is -2.11. The molecule has 0 aliphatic carbocycles. The fourth-order valence-electron chi connectivity index (χ4n) is 3.02. The van der Waals surface area contributed by atoms with Crippen molar-refractivity contribution in [3.63, 3.8) is 0 Å². The molecule has 112 valence electrons. The van der Waals surface area contributed by atoms with Crippen LogP contribution in [0.2, 0.25) is 0 Å². The smallest absolute Gasteiger partial charge is 0.339 e. The Morgan fingerprint density at radius 3 is 1.76 bits per heavy atom. The van der Waals surface area contributed by atoms with Crippen LogP contribution in [0.3, 0.4) is 0 Å². The molecule has 0 aliphatic heterocycles. The second-order valence-corrected chi connectivity index (χ2v) is 5.58. The highest BCUT2D eigenvalue weighted by atomic mass is 16.4. The molecule has 0 unspecified atom stereocenters. The summed E-state index contributed by atoms with van der Waals surface area (Å²) < 4.78 is 11.4. The van der Waals surface area contributed by atoms with Crippen molar-refractivity contribution < 1.29 is 8.83 Å². The van der Waals surface area contributed by atoms with E-state index >= 15 is 0 Å². The highest BCUT2D eigenvalue weighted by molar-refractivity contribution is 6.03. The molecule has 0 radical (unpaired) electrons. The number of fused-ring (bicyclic) bond motifs is 2. The Labute approximate surface area is 124 Å². The van der Waals surface area contributed by atoms with E-state index in [-0.39, 0.29) is 13.1 Å². The zero-order chi connectivity index (χ0) is 14.8. The number of furan rings is 1. The molecule has 3 heteroatoms. The van der Waals surface area contributed by atoms with Crippen molar-refractivity contribution in [2.24, 2.45) is 0 Å². The van der Waals surface area contributed by atoms with Gasteiger partial charge in [-0.05, 0) is 58.2 Å². The quantitative estimate of drug-likeness (QED) is 0.545. The van der Waals surface area contributed by atoms with Crippen LogP contribution >= 0.6 is 0 Å².